The number of hydrogen-bond donors (Lipinski definition) is 1. The number of rotatable bonds is 7. The van der Waals surface area contributed by atoms with E-state index in [1.54, 1.807) is 42.6 Å². The number of nitrogens with zero attached hydrogens (tertiary/aromatic N) is 3. The Morgan fingerprint density at radius 1 is 1.09 bits per heavy atom. The van der Waals surface area contributed by atoms with E-state index in [9.17, 15) is 14.0 Å². The minimum atomic E-state index is -0.357. The van der Waals surface area contributed by atoms with Gasteiger partial charge in [-0.1, -0.05) is 30.0 Å². The van der Waals surface area contributed by atoms with Crippen molar-refractivity contribution >= 4 is 23.5 Å². The molecule has 8 heteroatoms. The zero-order valence-electron chi connectivity index (χ0n) is 19.0. The molecule has 1 saturated carbocycles. The van der Waals surface area contributed by atoms with E-state index in [2.05, 4.69) is 27.1 Å². The van der Waals surface area contributed by atoms with Crippen molar-refractivity contribution in [1.82, 2.24) is 14.9 Å². The van der Waals surface area contributed by atoms with E-state index < -0.39 is 0 Å². The lowest BCUT2D eigenvalue weighted by atomic mass is 9.96. The van der Waals surface area contributed by atoms with Crippen LogP contribution in [-0.2, 0) is 0 Å². The fourth-order valence-electron chi connectivity index (χ4n) is 3.87. The molecule has 2 amide bonds. The van der Waals surface area contributed by atoms with Gasteiger partial charge in [0.05, 0.1) is 17.3 Å². The lowest BCUT2D eigenvalue weighted by molar-refractivity contribution is 0.0653. The first-order valence-electron chi connectivity index (χ1n) is 11.6. The third kappa shape index (κ3) is 4.99. The van der Waals surface area contributed by atoms with E-state index in [4.69, 9.17) is 4.74 Å². The van der Waals surface area contributed by atoms with Crippen molar-refractivity contribution in [1.29, 1.82) is 0 Å². The van der Waals surface area contributed by atoms with Gasteiger partial charge in [0.2, 0.25) is 11.8 Å². The van der Waals surface area contributed by atoms with E-state index in [0.717, 1.165) is 19.3 Å². The average Bonchev–Trinajstić information content (AvgIpc) is 3.07. The minimum Gasteiger partial charge on any atom is -0.473 e. The van der Waals surface area contributed by atoms with Crippen molar-refractivity contribution in [2.75, 3.05) is 11.9 Å². The largest absolute Gasteiger partial charge is 0.473 e. The van der Waals surface area contributed by atoms with Crippen molar-refractivity contribution in [2.24, 2.45) is 0 Å². The Hall–Kier alpha value is -4.25. The number of benzene rings is 2. The van der Waals surface area contributed by atoms with Gasteiger partial charge in [-0.25, -0.2) is 9.37 Å². The molecule has 5 rings (SSSR count). The van der Waals surface area contributed by atoms with Crippen LogP contribution in [0.15, 0.2) is 54.7 Å². The van der Waals surface area contributed by atoms with E-state index in [-0.39, 0.29) is 23.7 Å². The molecule has 0 spiro atoms. The molecule has 1 aliphatic carbocycles. The number of carbonyl (C=O) groups is 2. The second kappa shape index (κ2) is 9.94. The molecule has 3 aromatic rings. The molecule has 1 aromatic heterocycles. The minimum absolute atomic E-state index is 0.0984. The van der Waals surface area contributed by atoms with Gasteiger partial charge < -0.3 is 10.1 Å². The van der Waals surface area contributed by atoms with Crippen molar-refractivity contribution in [2.45, 2.75) is 38.2 Å². The number of hydrogen-bond acceptors (Lipinski definition) is 6. The monoisotopic (exact) mass is 470 g/mol. The maximum atomic E-state index is 13.5. The van der Waals surface area contributed by atoms with Gasteiger partial charge in [0.1, 0.15) is 17.5 Å². The van der Waals surface area contributed by atoms with Crippen molar-refractivity contribution in [3.8, 4) is 17.7 Å². The summed E-state index contributed by atoms with van der Waals surface area (Å²) in [7, 11) is 0. The Bertz CT molecular complexity index is 1310. The first-order chi connectivity index (χ1) is 17.1. The fraction of sp³-hybridized carbons (Fsp3) is 0.259. The Labute approximate surface area is 202 Å². The number of aromatic nitrogens is 2. The number of fused-ring (bicyclic) bond motifs is 1. The van der Waals surface area contributed by atoms with Gasteiger partial charge in [0.15, 0.2) is 0 Å². The average molecular weight is 471 g/mol. The summed E-state index contributed by atoms with van der Waals surface area (Å²) in [4.78, 5) is 35.0. The smallest absolute Gasteiger partial charge is 0.261 e. The molecule has 7 nitrogen and oxygen atoms in total. The molecule has 176 valence electrons. The number of nitrogens with one attached hydrogen (secondary N) is 1. The molecule has 1 N–H and O–H groups in total. The quantitative estimate of drug-likeness (QED) is 0.306. The number of halogens is 1. The number of ether oxygens (including phenoxy) is 1. The summed E-state index contributed by atoms with van der Waals surface area (Å²) in [5.74, 6) is 5.93. The van der Waals surface area contributed by atoms with Crippen LogP contribution in [0.4, 0.5) is 16.0 Å². The summed E-state index contributed by atoms with van der Waals surface area (Å²) in [6.45, 7) is 0.305. The van der Waals surface area contributed by atoms with Crippen LogP contribution in [0.3, 0.4) is 0 Å². The van der Waals surface area contributed by atoms with Gasteiger partial charge in [0.25, 0.3) is 11.8 Å². The first kappa shape index (κ1) is 22.5. The Morgan fingerprint density at radius 3 is 2.54 bits per heavy atom. The Kier molecular flexibility index (Phi) is 6.40. The highest BCUT2D eigenvalue weighted by Crippen LogP contribution is 2.27. The van der Waals surface area contributed by atoms with Gasteiger partial charge in [-0.3, -0.25) is 14.5 Å². The van der Waals surface area contributed by atoms with E-state index in [0.29, 0.717) is 53.6 Å². The Morgan fingerprint density at radius 2 is 1.86 bits per heavy atom. The second-order valence-electron chi connectivity index (χ2n) is 8.43. The highest BCUT2D eigenvalue weighted by molar-refractivity contribution is 6.21. The lowest BCUT2D eigenvalue weighted by Crippen LogP contribution is -2.30. The topological polar surface area (TPSA) is 84.4 Å². The summed E-state index contributed by atoms with van der Waals surface area (Å²) < 4.78 is 19.5. The van der Waals surface area contributed by atoms with Crippen molar-refractivity contribution < 1.29 is 18.7 Å². The van der Waals surface area contributed by atoms with Gasteiger partial charge >= 0.3 is 0 Å². The maximum Gasteiger partial charge on any atom is 0.261 e. The van der Waals surface area contributed by atoms with E-state index in [1.165, 1.54) is 17.0 Å². The highest BCUT2D eigenvalue weighted by Gasteiger charge is 2.34. The lowest BCUT2D eigenvalue weighted by Gasteiger charge is -2.26. The fourth-order valence-corrected chi connectivity index (χ4v) is 3.87. The molecule has 0 unspecified atom stereocenters. The highest BCUT2D eigenvalue weighted by atomic mass is 19.1. The molecule has 0 bridgehead atoms. The second-order valence-corrected chi connectivity index (χ2v) is 8.43. The van der Waals surface area contributed by atoms with E-state index >= 15 is 0 Å². The summed E-state index contributed by atoms with van der Waals surface area (Å²) in [6.07, 6.45) is 5.76. The molecule has 35 heavy (non-hydrogen) atoms. The maximum absolute atomic E-state index is 13.5. The first-order valence-corrected chi connectivity index (χ1v) is 11.6. The standard InChI is InChI=1S/C27H23FN4O3/c28-19-9-6-10-20(16-19)30-27-29-17-18(24(31-27)35-21-11-7-12-21)8-2-1-5-15-32-25(33)22-13-3-4-14-23(22)26(32)34/h3-4,6,9-10,13-14,16-17,21H,1,5,7,11-12,15H2,(H,29,30,31). The molecular formula is C27H23FN4O3. The molecule has 0 saturated heterocycles. The van der Waals surface area contributed by atoms with Crippen LogP contribution in [0, 0.1) is 17.7 Å². The number of amides is 2. The third-order valence-electron chi connectivity index (χ3n) is 5.95. The third-order valence-corrected chi connectivity index (χ3v) is 5.95. The van der Waals surface area contributed by atoms with Crippen LogP contribution in [-0.4, -0.2) is 39.3 Å². The molecule has 2 aliphatic rings. The van der Waals surface area contributed by atoms with E-state index in [1.807, 2.05) is 0 Å². The predicted molar refractivity (Wildman–Crippen MR) is 128 cm³/mol. The van der Waals surface area contributed by atoms with Crippen LogP contribution >= 0.6 is 0 Å². The van der Waals surface area contributed by atoms with Gasteiger partial charge in [-0.15, -0.1) is 0 Å². The van der Waals surface area contributed by atoms with Crippen LogP contribution in [0.25, 0.3) is 0 Å². The number of anilines is 2. The van der Waals surface area contributed by atoms with Crippen molar-refractivity contribution in [3.63, 3.8) is 0 Å². The number of imide groups is 1. The predicted octanol–water partition coefficient (Wildman–Crippen LogP) is 4.72. The number of unbranched alkanes of at least 4 members (excludes halogenated alkanes) is 1. The molecule has 0 atom stereocenters. The van der Waals surface area contributed by atoms with Crippen LogP contribution in [0.2, 0.25) is 0 Å². The molecule has 2 heterocycles. The Balaban J connectivity index is 1.24. The summed E-state index contributed by atoms with van der Waals surface area (Å²) in [5.41, 5.74) is 1.99. The SMILES string of the molecule is O=C1c2ccccc2C(=O)N1CCCC#Cc1cnc(Nc2cccc(F)c2)nc1OC1CCC1. The normalized spacial score (nSPS) is 14.7. The molecule has 1 fully saturated rings. The summed E-state index contributed by atoms with van der Waals surface area (Å²) in [6, 6.07) is 12.9. The van der Waals surface area contributed by atoms with Gasteiger partial charge in [0, 0.05) is 18.7 Å². The summed E-state index contributed by atoms with van der Waals surface area (Å²) >= 11 is 0. The molecule has 2 aromatic carbocycles. The van der Waals surface area contributed by atoms with Crippen LogP contribution in [0.5, 0.6) is 5.88 Å². The van der Waals surface area contributed by atoms with Gasteiger partial charge in [-0.2, -0.15) is 4.98 Å². The molecule has 0 radical (unpaired) electrons. The molecule has 1 aliphatic heterocycles. The van der Waals surface area contributed by atoms with Crippen LogP contribution in [0.1, 0.15) is 58.4 Å². The number of carbonyl (C=O) groups excluding carboxylic acids is 2. The zero-order chi connectivity index (χ0) is 24.2. The van der Waals surface area contributed by atoms with Gasteiger partial charge in [-0.05, 0) is 56.0 Å². The van der Waals surface area contributed by atoms with Crippen molar-refractivity contribution in [3.05, 3.63) is 77.2 Å². The molecular weight excluding hydrogens is 447 g/mol. The van der Waals surface area contributed by atoms with Crippen LogP contribution < -0.4 is 10.1 Å². The zero-order valence-corrected chi connectivity index (χ0v) is 19.0. The summed E-state index contributed by atoms with van der Waals surface area (Å²) in [5, 5.41) is 2.99.